The van der Waals surface area contributed by atoms with Gasteiger partial charge < -0.3 is 5.32 Å². The molecule has 0 saturated carbocycles. The number of fused-ring (bicyclic) bond motifs is 1. The molecule has 0 saturated heterocycles. The van der Waals surface area contributed by atoms with Crippen molar-refractivity contribution in [2.24, 2.45) is 0 Å². The van der Waals surface area contributed by atoms with Crippen LogP contribution in [0.15, 0.2) is 89.9 Å². The van der Waals surface area contributed by atoms with Crippen LogP contribution in [-0.2, 0) is 4.79 Å². The van der Waals surface area contributed by atoms with Crippen molar-refractivity contribution in [1.82, 2.24) is 9.38 Å². The van der Waals surface area contributed by atoms with E-state index in [1.807, 2.05) is 66.7 Å². The predicted molar refractivity (Wildman–Crippen MR) is 114 cm³/mol. The molecule has 0 fully saturated rings. The molecular weight excluding hydrogens is 362 g/mol. The number of carbonyl (C=O) groups is 1. The van der Waals surface area contributed by atoms with E-state index >= 15 is 0 Å². The number of hydrogen-bond acceptors (Lipinski definition) is 3. The lowest BCUT2D eigenvalue weighted by atomic mass is 9.88. The molecule has 0 aliphatic rings. The van der Waals surface area contributed by atoms with Crippen LogP contribution in [0, 0.1) is 6.92 Å². The van der Waals surface area contributed by atoms with Crippen LogP contribution in [0.25, 0.3) is 5.65 Å². The van der Waals surface area contributed by atoms with E-state index in [9.17, 15) is 9.59 Å². The third-order valence-electron chi connectivity index (χ3n) is 4.97. The summed E-state index contributed by atoms with van der Waals surface area (Å²) < 4.78 is 1.44. The van der Waals surface area contributed by atoms with E-state index in [2.05, 4.69) is 10.3 Å². The van der Waals surface area contributed by atoms with Gasteiger partial charge in [-0.2, -0.15) is 0 Å². The molecule has 0 atom stereocenters. The van der Waals surface area contributed by atoms with Gasteiger partial charge in [-0.1, -0.05) is 66.7 Å². The minimum atomic E-state index is -0.280. The van der Waals surface area contributed by atoms with Crippen LogP contribution >= 0.6 is 0 Å². The molecule has 1 amide bonds. The van der Waals surface area contributed by atoms with Gasteiger partial charge in [0, 0.05) is 18.5 Å². The van der Waals surface area contributed by atoms with Crippen molar-refractivity contribution in [3.63, 3.8) is 0 Å². The Bertz CT molecular complexity index is 1160. The van der Waals surface area contributed by atoms with Gasteiger partial charge in [0.15, 0.2) is 0 Å². The van der Waals surface area contributed by atoms with Crippen molar-refractivity contribution >= 4 is 17.2 Å². The average Bonchev–Trinajstić information content (AvgIpc) is 2.76. The fraction of sp³-hybridized carbons (Fsp3) is 0.125. The van der Waals surface area contributed by atoms with E-state index in [1.54, 1.807) is 25.3 Å². The third kappa shape index (κ3) is 3.94. The van der Waals surface area contributed by atoms with Crippen LogP contribution in [0.5, 0.6) is 0 Å². The molecule has 0 unspecified atom stereocenters. The summed E-state index contributed by atoms with van der Waals surface area (Å²) in [6, 6.07) is 25.2. The molecule has 0 aliphatic heterocycles. The number of aromatic nitrogens is 2. The summed E-state index contributed by atoms with van der Waals surface area (Å²) in [6.07, 6.45) is 1.88. The monoisotopic (exact) mass is 383 g/mol. The van der Waals surface area contributed by atoms with Crippen molar-refractivity contribution in [3.8, 4) is 0 Å². The number of rotatable bonds is 5. The molecule has 0 radical (unpaired) electrons. The van der Waals surface area contributed by atoms with Crippen LogP contribution in [0.2, 0.25) is 0 Å². The number of amides is 1. The Kier molecular flexibility index (Phi) is 5.20. The van der Waals surface area contributed by atoms with E-state index in [0.717, 1.165) is 11.1 Å². The maximum Gasteiger partial charge on any atom is 0.281 e. The van der Waals surface area contributed by atoms with Gasteiger partial charge in [0.1, 0.15) is 11.3 Å². The van der Waals surface area contributed by atoms with Gasteiger partial charge in [-0.15, -0.1) is 0 Å². The maximum absolute atomic E-state index is 12.9. The fourth-order valence-corrected chi connectivity index (χ4v) is 3.52. The maximum atomic E-state index is 12.9. The second-order valence-corrected chi connectivity index (χ2v) is 6.93. The van der Waals surface area contributed by atoms with E-state index in [0.29, 0.717) is 11.3 Å². The SMILES string of the molecule is Cc1nc2ccccn2c(=O)c1NC(=O)CC(c1ccccc1)c1ccccc1. The number of nitrogens with one attached hydrogen (secondary N) is 1. The highest BCUT2D eigenvalue weighted by molar-refractivity contribution is 5.92. The van der Waals surface area contributed by atoms with Crippen LogP contribution < -0.4 is 10.9 Å². The standard InChI is InChI=1S/C24H21N3O2/c1-17-23(24(29)27-15-9-8-14-21(27)25-17)26-22(28)16-20(18-10-4-2-5-11-18)19-12-6-3-7-13-19/h2-15,20H,16H2,1H3,(H,26,28). The molecule has 29 heavy (non-hydrogen) atoms. The lowest BCUT2D eigenvalue weighted by molar-refractivity contribution is -0.116. The van der Waals surface area contributed by atoms with Gasteiger partial charge in [0.05, 0.1) is 5.69 Å². The summed E-state index contributed by atoms with van der Waals surface area (Å²) in [7, 11) is 0. The smallest absolute Gasteiger partial charge is 0.281 e. The molecule has 5 nitrogen and oxygen atoms in total. The van der Waals surface area contributed by atoms with E-state index in [-0.39, 0.29) is 29.5 Å². The highest BCUT2D eigenvalue weighted by Crippen LogP contribution is 2.28. The van der Waals surface area contributed by atoms with Crippen molar-refractivity contribution in [1.29, 1.82) is 0 Å². The first-order chi connectivity index (χ1) is 14.1. The molecule has 1 N–H and O–H groups in total. The Morgan fingerprint density at radius 3 is 2.14 bits per heavy atom. The highest BCUT2D eigenvalue weighted by Gasteiger charge is 2.20. The summed E-state index contributed by atoms with van der Waals surface area (Å²) in [6.45, 7) is 1.73. The highest BCUT2D eigenvalue weighted by atomic mass is 16.2. The lowest BCUT2D eigenvalue weighted by Crippen LogP contribution is -2.26. The van der Waals surface area contributed by atoms with E-state index < -0.39 is 0 Å². The van der Waals surface area contributed by atoms with E-state index in [4.69, 9.17) is 0 Å². The summed E-state index contributed by atoms with van der Waals surface area (Å²) in [5.41, 5.74) is 3.11. The molecule has 0 aliphatic carbocycles. The molecule has 4 rings (SSSR count). The summed E-state index contributed by atoms with van der Waals surface area (Å²) in [5, 5.41) is 2.81. The van der Waals surface area contributed by atoms with Crippen LogP contribution in [0.1, 0.15) is 29.2 Å². The normalized spacial score (nSPS) is 11.0. The Balaban J connectivity index is 1.64. The molecule has 4 aromatic rings. The number of benzene rings is 2. The molecule has 2 aromatic heterocycles. The quantitative estimate of drug-likeness (QED) is 0.563. The minimum absolute atomic E-state index is 0.103. The number of anilines is 1. The largest absolute Gasteiger partial charge is 0.320 e. The zero-order valence-corrected chi connectivity index (χ0v) is 16.1. The predicted octanol–water partition coefficient (Wildman–Crippen LogP) is 4.16. The molecule has 0 bridgehead atoms. The summed E-state index contributed by atoms with van der Waals surface area (Å²) in [4.78, 5) is 30.2. The zero-order chi connectivity index (χ0) is 20.2. The first-order valence-electron chi connectivity index (χ1n) is 9.51. The summed E-state index contributed by atoms with van der Waals surface area (Å²) in [5.74, 6) is -0.325. The Morgan fingerprint density at radius 1 is 0.931 bits per heavy atom. The van der Waals surface area contributed by atoms with Gasteiger partial charge in [-0.25, -0.2) is 4.98 Å². The van der Waals surface area contributed by atoms with Gasteiger partial charge >= 0.3 is 0 Å². The average molecular weight is 383 g/mol. The molecule has 0 spiro atoms. The van der Waals surface area contributed by atoms with Crippen LogP contribution in [0.4, 0.5) is 5.69 Å². The van der Waals surface area contributed by atoms with Gasteiger partial charge in [-0.3, -0.25) is 14.0 Å². The minimum Gasteiger partial charge on any atom is -0.320 e. The fourth-order valence-electron chi connectivity index (χ4n) is 3.52. The Morgan fingerprint density at radius 2 is 1.52 bits per heavy atom. The Hall–Kier alpha value is -3.73. The van der Waals surface area contributed by atoms with Gasteiger partial charge in [0.2, 0.25) is 5.91 Å². The summed E-state index contributed by atoms with van der Waals surface area (Å²) >= 11 is 0. The van der Waals surface area contributed by atoms with Gasteiger partial charge in [0.25, 0.3) is 5.56 Å². The molecule has 2 heterocycles. The number of nitrogens with zero attached hydrogens (tertiary/aromatic N) is 2. The van der Waals surface area contributed by atoms with Crippen LogP contribution in [-0.4, -0.2) is 15.3 Å². The van der Waals surface area contributed by atoms with Crippen molar-refractivity contribution in [2.75, 3.05) is 5.32 Å². The van der Waals surface area contributed by atoms with Crippen molar-refractivity contribution < 1.29 is 4.79 Å². The van der Waals surface area contributed by atoms with Crippen molar-refractivity contribution in [2.45, 2.75) is 19.3 Å². The second kappa shape index (κ2) is 8.10. The lowest BCUT2D eigenvalue weighted by Gasteiger charge is -2.18. The number of hydrogen-bond donors (Lipinski definition) is 1. The second-order valence-electron chi connectivity index (χ2n) is 6.93. The van der Waals surface area contributed by atoms with Gasteiger partial charge in [-0.05, 0) is 30.2 Å². The third-order valence-corrected chi connectivity index (χ3v) is 4.97. The van der Waals surface area contributed by atoms with Crippen molar-refractivity contribution in [3.05, 3.63) is 112 Å². The number of carbonyl (C=O) groups excluding carboxylic acids is 1. The zero-order valence-electron chi connectivity index (χ0n) is 16.1. The molecule has 5 heteroatoms. The first kappa shape index (κ1) is 18.6. The van der Waals surface area contributed by atoms with Crippen LogP contribution in [0.3, 0.4) is 0 Å². The number of aryl methyl sites for hydroxylation is 1. The Labute approximate surface area is 168 Å². The topological polar surface area (TPSA) is 63.5 Å². The number of pyridine rings is 1. The van der Waals surface area contributed by atoms with E-state index in [1.165, 1.54) is 4.40 Å². The molecule has 2 aromatic carbocycles. The molecule has 144 valence electrons. The first-order valence-corrected chi connectivity index (χ1v) is 9.51. The molecular formula is C24H21N3O2.